The van der Waals surface area contributed by atoms with E-state index >= 15 is 0 Å². The van der Waals surface area contributed by atoms with E-state index in [2.05, 4.69) is 39.6 Å². The van der Waals surface area contributed by atoms with E-state index in [1.54, 1.807) is 7.11 Å². The molecule has 1 aromatic heterocycles. The molecule has 1 aliphatic rings. The van der Waals surface area contributed by atoms with E-state index in [-0.39, 0.29) is 0 Å². The molecule has 3 aromatic rings. The number of nitrogens with two attached hydrogens (primary N) is 1. The van der Waals surface area contributed by atoms with Crippen LogP contribution in [0.2, 0.25) is 0 Å². The molecule has 144 valence electrons. The van der Waals surface area contributed by atoms with E-state index in [1.807, 2.05) is 24.3 Å². The highest BCUT2D eigenvalue weighted by molar-refractivity contribution is 5.82. The predicted molar refractivity (Wildman–Crippen MR) is 114 cm³/mol. The fraction of sp³-hybridized carbons (Fsp3) is 0.304. The first-order chi connectivity index (χ1) is 13.7. The maximum absolute atomic E-state index is 6.37. The van der Waals surface area contributed by atoms with Crippen LogP contribution in [0.3, 0.4) is 0 Å². The van der Waals surface area contributed by atoms with Crippen molar-refractivity contribution >= 4 is 17.2 Å². The molecule has 5 nitrogen and oxygen atoms in total. The van der Waals surface area contributed by atoms with Gasteiger partial charge in [0.05, 0.1) is 12.8 Å². The highest BCUT2D eigenvalue weighted by atomic mass is 16.5. The fourth-order valence-electron chi connectivity index (χ4n) is 3.91. The van der Waals surface area contributed by atoms with Gasteiger partial charge in [-0.3, -0.25) is 0 Å². The van der Waals surface area contributed by atoms with E-state index in [0.29, 0.717) is 23.1 Å². The smallest absolute Gasteiger partial charge is 0.157 e. The zero-order valence-electron chi connectivity index (χ0n) is 16.2. The van der Waals surface area contributed by atoms with Crippen LogP contribution in [0.1, 0.15) is 43.6 Å². The van der Waals surface area contributed by atoms with Gasteiger partial charge in [-0.1, -0.05) is 43.5 Å². The SMILES string of the molecule is COc1cccc(-c2ncnc(Nc3ccc(C4CCCCC4)cc3)c2N)c1. The Morgan fingerprint density at radius 3 is 2.54 bits per heavy atom. The van der Waals surface area contributed by atoms with Crippen LogP contribution in [-0.4, -0.2) is 17.1 Å². The highest BCUT2D eigenvalue weighted by Gasteiger charge is 2.15. The van der Waals surface area contributed by atoms with Gasteiger partial charge in [0.2, 0.25) is 0 Å². The van der Waals surface area contributed by atoms with E-state index < -0.39 is 0 Å². The summed E-state index contributed by atoms with van der Waals surface area (Å²) in [5, 5.41) is 3.33. The molecule has 0 radical (unpaired) electrons. The lowest BCUT2D eigenvalue weighted by molar-refractivity contribution is 0.415. The van der Waals surface area contributed by atoms with E-state index in [1.165, 1.54) is 44.0 Å². The molecular formula is C23H26N4O. The Hall–Kier alpha value is -3.08. The number of ether oxygens (including phenoxy) is 1. The standard InChI is InChI=1S/C23H26N4O/c1-28-20-9-5-8-18(14-20)22-21(24)23(26-15-25-22)27-19-12-10-17(11-13-19)16-6-3-2-4-7-16/h5,8-16H,2-4,6-7,24H2,1H3,(H,25,26,27). The summed E-state index contributed by atoms with van der Waals surface area (Å²) >= 11 is 0. The molecule has 0 unspecified atom stereocenters. The van der Waals surface area contributed by atoms with Crippen molar-refractivity contribution in [3.05, 3.63) is 60.4 Å². The number of methoxy groups -OCH3 is 1. The first-order valence-electron chi connectivity index (χ1n) is 9.86. The van der Waals surface area contributed by atoms with Crippen molar-refractivity contribution in [3.8, 4) is 17.0 Å². The minimum Gasteiger partial charge on any atom is -0.497 e. The summed E-state index contributed by atoms with van der Waals surface area (Å²) in [7, 11) is 1.65. The molecule has 1 fully saturated rings. The van der Waals surface area contributed by atoms with Crippen molar-refractivity contribution < 1.29 is 4.74 Å². The van der Waals surface area contributed by atoms with Crippen LogP contribution in [-0.2, 0) is 0 Å². The number of hydrogen-bond acceptors (Lipinski definition) is 5. The fourth-order valence-corrected chi connectivity index (χ4v) is 3.91. The summed E-state index contributed by atoms with van der Waals surface area (Å²) in [6.45, 7) is 0. The molecule has 4 rings (SSSR count). The van der Waals surface area contributed by atoms with Crippen LogP contribution < -0.4 is 15.8 Å². The molecule has 1 aliphatic carbocycles. The van der Waals surface area contributed by atoms with Gasteiger partial charge in [-0.15, -0.1) is 0 Å². The lowest BCUT2D eigenvalue weighted by atomic mass is 9.84. The summed E-state index contributed by atoms with van der Waals surface area (Å²) in [6, 6.07) is 16.4. The molecule has 28 heavy (non-hydrogen) atoms. The third-order valence-corrected chi connectivity index (χ3v) is 5.48. The van der Waals surface area contributed by atoms with Crippen LogP contribution in [0, 0.1) is 0 Å². The van der Waals surface area contributed by atoms with E-state index in [0.717, 1.165) is 17.0 Å². The van der Waals surface area contributed by atoms with E-state index in [9.17, 15) is 0 Å². The van der Waals surface area contributed by atoms with Crippen LogP contribution >= 0.6 is 0 Å². The second-order valence-corrected chi connectivity index (χ2v) is 7.30. The Balaban J connectivity index is 1.55. The molecule has 2 aromatic carbocycles. The maximum atomic E-state index is 6.37. The van der Waals surface area contributed by atoms with Gasteiger partial charge < -0.3 is 15.8 Å². The Morgan fingerprint density at radius 2 is 1.79 bits per heavy atom. The maximum Gasteiger partial charge on any atom is 0.157 e. The molecule has 3 N–H and O–H groups in total. The number of nitrogens with zero attached hydrogens (tertiary/aromatic N) is 2. The summed E-state index contributed by atoms with van der Waals surface area (Å²) in [4.78, 5) is 8.71. The average molecular weight is 374 g/mol. The van der Waals surface area contributed by atoms with Gasteiger partial charge in [-0.05, 0) is 48.6 Å². The van der Waals surface area contributed by atoms with Gasteiger partial charge in [-0.25, -0.2) is 9.97 Å². The average Bonchev–Trinajstić information content (AvgIpc) is 2.76. The topological polar surface area (TPSA) is 73.1 Å². The van der Waals surface area contributed by atoms with Crippen LogP contribution in [0.4, 0.5) is 17.2 Å². The third-order valence-electron chi connectivity index (χ3n) is 5.48. The predicted octanol–water partition coefficient (Wildman–Crippen LogP) is 5.53. The van der Waals surface area contributed by atoms with Crippen molar-refractivity contribution in [2.45, 2.75) is 38.0 Å². The second-order valence-electron chi connectivity index (χ2n) is 7.30. The molecule has 0 amide bonds. The molecule has 0 spiro atoms. The van der Waals surface area contributed by atoms with Gasteiger partial charge >= 0.3 is 0 Å². The minimum atomic E-state index is 0.520. The van der Waals surface area contributed by atoms with Crippen molar-refractivity contribution in [3.63, 3.8) is 0 Å². The molecular weight excluding hydrogens is 348 g/mol. The zero-order valence-corrected chi connectivity index (χ0v) is 16.2. The quantitative estimate of drug-likeness (QED) is 0.614. The number of benzene rings is 2. The molecule has 0 atom stereocenters. The van der Waals surface area contributed by atoms with Crippen LogP contribution in [0.15, 0.2) is 54.9 Å². The monoisotopic (exact) mass is 374 g/mol. The summed E-state index contributed by atoms with van der Waals surface area (Å²) < 4.78 is 5.30. The first kappa shape index (κ1) is 18.3. The van der Waals surface area contributed by atoms with Gasteiger partial charge in [-0.2, -0.15) is 0 Å². The van der Waals surface area contributed by atoms with Gasteiger partial charge in [0.15, 0.2) is 5.82 Å². The Morgan fingerprint density at radius 1 is 1.00 bits per heavy atom. The van der Waals surface area contributed by atoms with E-state index in [4.69, 9.17) is 10.5 Å². The molecule has 5 heteroatoms. The molecule has 0 saturated heterocycles. The second kappa shape index (κ2) is 8.30. The molecule has 1 heterocycles. The molecule has 1 saturated carbocycles. The lowest BCUT2D eigenvalue weighted by Crippen LogP contribution is -2.05. The van der Waals surface area contributed by atoms with Crippen molar-refractivity contribution in [1.29, 1.82) is 0 Å². The summed E-state index contributed by atoms with van der Waals surface area (Å²) in [5.41, 5.74) is 10.9. The minimum absolute atomic E-state index is 0.520. The zero-order chi connectivity index (χ0) is 19.3. The number of nitrogen functional groups attached to an aromatic ring is 1. The van der Waals surface area contributed by atoms with Crippen molar-refractivity contribution in [2.24, 2.45) is 0 Å². The number of nitrogens with one attached hydrogen (secondary N) is 1. The van der Waals surface area contributed by atoms with Crippen molar-refractivity contribution in [2.75, 3.05) is 18.2 Å². The lowest BCUT2D eigenvalue weighted by Gasteiger charge is -2.22. The number of aromatic nitrogens is 2. The summed E-state index contributed by atoms with van der Waals surface area (Å²) in [5.74, 6) is 2.08. The Labute approximate surface area is 166 Å². The van der Waals surface area contributed by atoms with Crippen molar-refractivity contribution in [1.82, 2.24) is 9.97 Å². The highest BCUT2D eigenvalue weighted by Crippen LogP contribution is 2.34. The largest absolute Gasteiger partial charge is 0.497 e. The van der Waals surface area contributed by atoms with Gasteiger partial charge in [0.25, 0.3) is 0 Å². The Bertz CT molecular complexity index is 934. The summed E-state index contributed by atoms with van der Waals surface area (Å²) in [6.07, 6.45) is 8.19. The van der Waals surface area contributed by atoms with Crippen LogP contribution in [0.5, 0.6) is 5.75 Å². The molecule has 0 bridgehead atoms. The first-order valence-corrected chi connectivity index (χ1v) is 9.86. The Kier molecular flexibility index (Phi) is 5.42. The van der Waals surface area contributed by atoms with Gasteiger partial charge in [0, 0.05) is 11.3 Å². The molecule has 0 aliphatic heterocycles. The third kappa shape index (κ3) is 3.93. The van der Waals surface area contributed by atoms with Crippen LogP contribution in [0.25, 0.3) is 11.3 Å². The number of rotatable bonds is 5. The normalized spacial score (nSPS) is 14.6. The van der Waals surface area contributed by atoms with Gasteiger partial charge in [0.1, 0.15) is 17.8 Å². The number of hydrogen-bond donors (Lipinski definition) is 2. The number of anilines is 3.